The number of hydrogen-bond donors (Lipinski definition) is 1. The van der Waals surface area contributed by atoms with Gasteiger partial charge in [-0.25, -0.2) is 0 Å². The number of aromatic nitrogens is 2. The lowest BCUT2D eigenvalue weighted by atomic mass is 9.87. The van der Waals surface area contributed by atoms with Crippen molar-refractivity contribution in [2.24, 2.45) is 7.05 Å². The van der Waals surface area contributed by atoms with Crippen molar-refractivity contribution in [2.45, 2.75) is 26.2 Å². The van der Waals surface area contributed by atoms with E-state index >= 15 is 0 Å². The van der Waals surface area contributed by atoms with Gasteiger partial charge in [-0.1, -0.05) is 32.4 Å². The molecule has 0 unspecified atom stereocenters. The average Bonchev–Trinajstić information content (AvgIpc) is 2.63. The Kier molecular flexibility index (Phi) is 3.11. The number of halogens is 1. The molecule has 0 aliphatic rings. The largest absolute Gasteiger partial charge is 0.398 e. The van der Waals surface area contributed by atoms with Crippen LogP contribution in [0.15, 0.2) is 24.4 Å². The maximum Gasteiger partial charge on any atom is 0.0756 e. The molecule has 0 radical (unpaired) electrons. The Morgan fingerprint density at radius 2 is 1.89 bits per heavy atom. The SMILES string of the molecule is Cn1cc(-c2cc(Cl)ccc2N)c(C(C)(C)C)n1. The van der Waals surface area contributed by atoms with Crippen molar-refractivity contribution in [1.82, 2.24) is 9.78 Å². The minimum Gasteiger partial charge on any atom is -0.398 e. The van der Waals surface area contributed by atoms with Gasteiger partial charge in [-0.2, -0.15) is 5.10 Å². The number of hydrogen-bond acceptors (Lipinski definition) is 2. The number of nitrogens with zero attached hydrogens (tertiary/aromatic N) is 2. The second kappa shape index (κ2) is 4.32. The lowest BCUT2D eigenvalue weighted by molar-refractivity contribution is 0.554. The molecule has 2 N–H and O–H groups in total. The molecule has 1 aromatic heterocycles. The van der Waals surface area contributed by atoms with Crippen LogP contribution in [0.1, 0.15) is 26.5 Å². The van der Waals surface area contributed by atoms with Gasteiger partial charge in [0.05, 0.1) is 5.69 Å². The van der Waals surface area contributed by atoms with Gasteiger partial charge in [0, 0.05) is 40.5 Å². The van der Waals surface area contributed by atoms with Crippen LogP contribution in [0.25, 0.3) is 11.1 Å². The fourth-order valence-electron chi connectivity index (χ4n) is 2.00. The molecule has 3 nitrogen and oxygen atoms in total. The van der Waals surface area contributed by atoms with Crippen molar-refractivity contribution >= 4 is 17.3 Å². The molecule has 18 heavy (non-hydrogen) atoms. The zero-order chi connectivity index (χ0) is 13.5. The third-order valence-corrected chi connectivity index (χ3v) is 3.08. The van der Waals surface area contributed by atoms with E-state index < -0.39 is 0 Å². The molecular weight excluding hydrogens is 246 g/mol. The van der Waals surface area contributed by atoms with Crippen LogP contribution in [-0.2, 0) is 12.5 Å². The molecule has 2 rings (SSSR count). The molecule has 0 aliphatic heterocycles. The summed E-state index contributed by atoms with van der Waals surface area (Å²) >= 11 is 6.06. The highest BCUT2D eigenvalue weighted by atomic mass is 35.5. The molecule has 0 spiro atoms. The van der Waals surface area contributed by atoms with E-state index in [-0.39, 0.29) is 5.41 Å². The summed E-state index contributed by atoms with van der Waals surface area (Å²) < 4.78 is 1.82. The van der Waals surface area contributed by atoms with Gasteiger partial charge in [-0.3, -0.25) is 4.68 Å². The van der Waals surface area contributed by atoms with Crippen molar-refractivity contribution in [1.29, 1.82) is 0 Å². The molecule has 96 valence electrons. The van der Waals surface area contributed by atoms with Crippen LogP contribution in [0, 0.1) is 0 Å². The number of nitrogens with two attached hydrogens (primary N) is 1. The molecular formula is C14H18ClN3. The van der Waals surface area contributed by atoms with Crippen molar-refractivity contribution in [2.75, 3.05) is 5.73 Å². The van der Waals surface area contributed by atoms with Gasteiger partial charge < -0.3 is 5.73 Å². The Hall–Kier alpha value is -1.48. The molecule has 0 fully saturated rings. The number of aryl methyl sites for hydroxylation is 1. The first kappa shape index (κ1) is 13.0. The summed E-state index contributed by atoms with van der Waals surface area (Å²) in [5, 5.41) is 5.23. The van der Waals surface area contributed by atoms with Crippen LogP contribution in [0.3, 0.4) is 0 Å². The molecule has 0 aliphatic carbocycles. The van der Waals surface area contributed by atoms with E-state index in [1.165, 1.54) is 0 Å². The number of benzene rings is 1. The van der Waals surface area contributed by atoms with Gasteiger partial charge in [0.1, 0.15) is 0 Å². The van der Waals surface area contributed by atoms with Crippen molar-refractivity contribution < 1.29 is 0 Å². The van der Waals surface area contributed by atoms with Crippen LogP contribution in [0.4, 0.5) is 5.69 Å². The molecule has 2 aromatic rings. The van der Waals surface area contributed by atoms with Gasteiger partial charge in [0.2, 0.25) is 0 Å². The predicted molar refractivity (Wildman–Crippen MR) is 76.8 cm³/mol. The number of anilines is 1. The van der Waals surface area contributed by atoms with Crippen LogP contribution < -0.4 is 5.73 Å². The average molecular weight is 264 g/mol. The van der Waals surface area contributed by atoms with E-state index in [4.69, 9.17) is 17.3 Å². The predicted octanol–water partition coefficient (Wildman–Crippen LogP) is 3.62. The summed E-state index contributed by atoms with van der Waals surface area (Å²) in [6, 6.07) is 5.52. The Morgan fingerprint density at radius 1 is 1.22 bits per heavy atom. The summed E-state index contributed by atoms with van der Waals surface area (Å²) in [6.45, 7) is 6.42. The highest BCUT2D eigenvalue weighted by Gasteiger charge is 2.23. The monoisotopic (exact) mass is 263 g/mol. The highest BCUT2D eigenvalue weighted by Crippen LogP contribution is 2.35. The second-order valence-electron chi connectivity index (χ2n) is 5.55. The normalized spacial score (nSPS) is 11.8. The third kappa shape index (κ3) is 2.36. The summed E-state index contributed by atoms with van der Waals surface area (Å²) in [4.78, 5) is 0. The first-order valence-corrected chi connectivity index (χ1v) is 6.26. The van der Waals surface area contributed by atoms with E-state index in [9.17, 15) is 0 Å². The van der Waals surface area contributed by atoms with Crippen molar-refractivity contribution in [3.05, 3.63) is 35.1 Å². The van der Waals surface area contributed by atoms with Crippen LogP contribution in [0.5, 0.6) is 0 Å². The van der Waals surface area contributed by atoms with Gasteiger partial charge in [-0.05, 0) is 18.2 Å². The van der Waals surface area contributed by atoms with E-state index in [2.05, 4.69) is 25.9 Å². The fourth-order valence-corrected chi connectivity index (χ4v) is 2.17. The zero-order valence-electron chi connectivity index (χ0n) is 11.2. The second-order valence-corrected chi connectivity index (χ2v) is 5.98. The van der Waals surface area contributed by atoms with Gasteiger partial charge >= 0.3 is 0 Å². The number of rotatable bonds is 1. The van der Waals surface area contributed by atoms with Crippen LogP contribution in [-0.4, -0.2) is 9.78 Å². The lowest BCUT2D eigenvalue weighted by Gasteiger charge is -2.18. The standard InChI is InChI=1S/C14H18ClN3/c1-14(2,3)13-11(8-18(4)17-13)10-7-9(15)5-6-12(10)16/h5-8H,16H2,1-4H3. The summed E-state index contributed by atoms with van der Waals surface area (Å²) in [7, 11) is 1.92. The maximum absolute atomic E-state index is 6.06. The fraction of sp³-hybridized carbons (Fsp3) is 0.357. The smallest absolute Gasteiger partial charge is 0.0756 e. The van der Waals surface area contributed by atoms with Gasteiger partial charge in [-0.15, -0.1) is 0 Å². The molecule has 0 bridgehead atoms. The Bertz CT molecular complexity index is 579. The van der Waals surface area contributed by atoms with Gasteiger partial charge in [0.25, 0.3) is 0 Å². The first-order valence-electron chi connectivity index (χ1n) is 5.88. The quantitative estimate of drug-likeness (QED) is 0.799. The molecule has 0 atom stereocenters. The van der Waals surface area contributed by atoms with E-state index in [0.717, 1.165) is 22.5 Å². The van der Waals surface area contributed by atoms with Gasteiger partial charge in [0.15, 0.2) is 0 Å². The molecule has 0 saturated carbocycles. The Labute approximate surface area is 113 Å². The third-order valence-electron chi connectivity index (χ3n) is 2.84. The topological polar surface area (TPSA) is 43.8 Å². The molecule has 1 aromatic carbocycles. The zero-order valence-corrected chi connectivity index (χ0v) is 11.9. The summed E-state index contributed by atoms with van der Waals surface area (Å²) in [5.41, 5.74) is 9.75. The van der Waals surface area contributed by atoms with Crippen molar-refractivity contribution in [3.8, 4) is 11.1 Å². The molecule has 1 heterocycles. The van der Waals surface area contributed by atoms with E-state index in [1.54, 1.807) is 6.07 Å². The van der Waals surface area contributed by atoms with Crippen LogP contribution >= 0.6 is 11.6 Å². The first-order chi connectivity index (χ1) is 8.29. The summed E-state index contributed by atoms with van der Waals surface area (Å²) in [5.74, 6) is 0. The minimum atomic E-state index is -0.0364. The molecule has 0 saturated heterocycles. The number of nitrogen functional groups attached to an aromatic ring is 1. The molecule has 0 amide bonds. The maximum atomic E-state index is 6.06. The van der Waals surface area contributed by atoms with E-state index in [1.807, 2.05) is 30.1 Å². The Morgan fingerprint density at radius 3 is 2.50 bits per heavy atom. The van der Waals surface area contributed by atoms with Crippen LogP contribution in [0.2, 0.25) is 5.02 Å². The van der Waals surface area contributed by atoms with E-state index in [0.29, 0.717) is 5.02 Å². The summed E-state index contributed by atoms with van der Waals surface area (Å²) in [6.07, 6.45) is 1.99. The Balaban J connectivity index is 2.67. The highest BCUT2D eigenvalue weighted by molar-refractivity contribution is 6.31. The lowest BCUT2D eigenvalue weighted by Crippen LogP contribution is -2.14. The minimum absolute atomic E-state index is 0.0364. The molecule has 4 heteroatoms. The van der Waals surface area contributed by atoms with Crippen molar-refractivity contribution in [3.63, 3.8) is 0 Å².